The van der Waals surface area contributed by atoms with Crippen LogP contribution >= 0.6 is 11.6 Å². The lowest BCUT2D eigenvalue weighted by Crippen LogP contribution is -2.03. The summed E-state index contributed by atoms with van der Waals surface area (Å²) >= 11 is 5.80. The Kier molecular flexibility index (Phi) is 3.38. The topological polar surface area (TPSA) is 61.1 Å². The zero-order chi connectivity index (χ0) is 14.2. The summed E-state index contributed by atoms with van der Waals surface area (Å²) in [5.74, 6) is -1.54. The van der Waals surface area contributed by atoms with Crippen LogP contribution in [0.2, 0.25) is 5.02 Å². The van der Waals surface area contributed by atoms with Gasteiger partial charge in [-0.3, -0.25) is 4.79 Å². The number of carboxylic acids is 1. The molecule has 1 aromatic rings. The van der Waals surface area contributed by atoms with Crippen molar-refractivity contribution < 1.29 is 9.90 Å². The standard InChI is InChI=1S/C15H14ClNO2/c1-15(2)12(13(15)14(18)19)10(8-17)7-9-3-5-11(16)6-4-9/h3-7,12-13H,1-2H3,(H,18,19). The van der Waals surface area contributed by atoms with Gasteiger partial charge in [-0.2, -0.15) is 5.26 Å². The summed E-state index contributed by atoms with van der Waals surface area (Å²) in [5.41, 5.74) is 1.01. The molecule has 98 valence electrons. The van der Waals surface area contributed by atoms with Crippen molar-refractivity contribution in [1.29, 1.82) is 5.26 Å². The molecule has 1 aromatic carbocycles. The Hall–Kier alpha value is -1.79. The van der Waals surface area contributed by atoms with E-state index < -0.39 is 11.9 Å². The lowest BCUT2D eigenvalue weighted by Gasteiger charge is -2.01. The minimum atomic E-state index is -0.841. The van der Waals surface area contributed by atoms with Gasteiger partial charge in [0.05, 0.1) is 12.0 Å². The highest BCUT2D eigenvalue weighted by atomic mass is 35.5. The van der Waals surface area contributed by atoms with Gasteiger partial charge in [-0.15, -0.1) is 0 Å². The van der Waals surface area contributed by atoms with E-state index in [1.807, 2.05) is 26.0 Å². The van der Waals surface area contributed by atoms with Gasteiger partial charge in [-0.05, 0) is 29.2 Å². The van der Waals surface area contributed by atoms with E-state index in [4.69, 9.17) is 16.7 Å². The van der Waals surface area contributed by atoms with Crippen LogP contribution in [0, 0.1) is 28.6 Å². The maximum atomic E-state index is 11.2. The molecule has 2 atom stereocenters. The van der Waals surface area contributed by atoms with Crippen LogP contribution < -0.4 is 0 Å². The van der Waals surface area contributed by atoms with Crippen molar-refractivity contribution in [2.75, 3.05) is 0 Å². The molecule has 0 radical (unpaired) electrons. The Morgan fingerprint density at radius 2 is 1.95 bits per heavy atom. The number of allylic oxidation sites excluding steroid dienone is 1. The van der Waals surface area contributed by atoms with Crippen LogP contribution in [0.15, 0.2) is 29.8 Å². The molecule has 1 saturated carbocycles. The van der Waals surface area contributed by atoms with Gasteiger partial charge in [0.15, 0.2) is 0 Å². The number of hydrogen-bond acceptors (Lipinski definition) is 2. The molecule has 0 bridgehead atoms. The fourth-order valence-electron chi connectivity index (χ4n) is 2.61. The molecular formula is C15H14ClNO2. The summed E-state index contributed by atoms with van der Waals surface area (Å²) in [4.78, 5) is 11.2. The van der Waals surface area contributed by atoms with Crippen molar-refractivity contribution in [3.8, 4) is 6.07 Å². The van der Waals surface area contributed by atoms with E-state index in [1.54, 1.807) is 18.2 Å². The normalized spacial score (nSPS) is 24.6. The molecule has 0 heterocycles. The smallest absolute Gasteiger partial charge is 0.307 e. The second-order valence-electron chi connectivity index (χ2n) is 5.38. The van der Waals surface area contributed by atoms with Gasteiger partial charge < -0.3 is 5.11 Å². The SMILES string of the molecule is CC1(C)C(C(=O)O)C1C(C#N)=Cc1ccc(Cl)cc1. The summed E-state index contributed by atoms with van der Waals surface area (Å²) < 4.78 is 0. The molecule has 4 heteroatoms. The summed E-state index contributed by atoms with van der Waals surface area (Å²) in [6, 6.07) is 9.24. The first-order valence-corrected chi connectivity index (χ1v) is 6.36. The number of aliphatic carboxylic acids is 1. The average Bonchev–Trinajstić information content (AvgIpc) is 2.92. The molecule has 0 amide bonds. The molecular weight excluding hydrogens is 262 g/mol. The predicted octanol–water partition coefficient (Wildman–Crippen LogP) is 3.60. The van der Waals surface area contributed by atoms with Crippen LogP contribution in [0.5, 0.6) is 0 Å². The highest BCUT2D eigenvalue weighted by Crippen LogP contribution is 2.61. The number of carboxylic acid groups (broad SMARTS) is 1. The lowest BCUT2D eigenvalue weighted by atomic mass is 10.0. The fraction of sp³-hybridized carbons (Fsp3) is 0.333. The number of halogens is 1. The van der Waals surface area contributed by atoms with Crippen molar-refractivity contribution in [1.82, 2.24) is 0 Å². The van der Waals surface area contributed by atoms with Crippen LogP contribution in [-0.2, 0) is 4.79 Å². The predicted molar refractivity (Wildman–Crippen MR) is 73.4 cm³/mol. The number of nitriles is 1. The van der Waals surface area contributed by atoms with E-state index in [9.17, 15) is 10.1 Å². The van der Waals surface area contributed by atoms with Gasteiger partial charge in [0, 0.05) is 16.5 Å². The van der Waals surface area contributed by atoms with Crippen molar-refractivity contribution in [2.45, 2.75) is 13.8 Å². The molecule has 1 aliphatic rings. The zero-order valence-electron chi connectivity index (χ0n) is 10.7. The first-order valence-electron chi connectivity index (χ1n) is 5.98. The van der Waals surface area contributed by atoms with Gasteiger partial charge in [0.2, 0.25) is 0 Å². The number of benzene rings is 1. The van der Waals surface area contributed by atoms with Crippen LogP contribution in [0.3, 0.4) is 0 Å². The number of carbonyl (C=O) groups is 1. The van der Waals surface area contributed by atoms with Gasteiger partial charge in [0.25, 0.3) is 0 Å². The molecule has 0 aromatic heterocycles. The maximum Gasteiger partial charge on any atom is 0.307 e. The molecule has 0 aliphatic heterocycles. The first-order chi connectivity index (χ1) is 8.87. The van der Waals surface area contributed by atoms with Crippen molar-refractivity contribution in [2.24, 2.45) is 17.3 Å². The average molecular weight is 276 g/mol. The summed E-state index contributed by atoms with van der Waals surface area (Å²) in [6.45, 7) is 3.76. The molecule has 0 saturated heterocycles. The summed E-state index contributed by atoms with van der Waals surface area (Å²) in [6.07, 6.45) is 1.74. The van der Waals surface area contributed by atoms with Crippen molar-refractivity contribution >= 4 is 23.6 Å². The van der Waals surface area contributed by atoms with E-state index in [1.165, 1.54) is 0 Å². The lowest BCUT2D eigenvalue weighted by molar-refractivity contribution is -0.139. The zero-order valence-corrected chi connectivity index (χ0v) is 11.5. The molecule has 1 fully saturated rings. The van der Waals surface area contributed by atoms with Crippen LogP contribution in [0.25, 0.3) is 6.08 Å². The summed E-state index contributed by atoms with van der Waals surface area (Å²) in [5, 5.41) is 19.0. The number of rotatable bonds is 3. The van der Waals surface area contributed by atoms with Crippen LogP contribution in [0.1, 0.15) is 19.4 Å². The van der Waals surface area contributed by atoms with Crippen molar-refractivity contribution in [3.63, 3.8) is 0 Å². The Balaban J connectivity index is 2.30. The Morgan fingerprint density at radius 3 is 2.37 bits per heavy atom. The number of nitrogens with zero attached hydrogens (tertiary/aromatic N) is 1. The van der Waals surface area contributed by atoms with Crippen molar-refractivity contribution in [3.05, 3.63) is 40.4 Å². The second kappa shape index (κ2) is 4.71. The van der Waals surface area contributed by atoms with Gasteiger partial charge in [0.1, 0.15) is 0 Å². The molecule has 2 unspecified atom stereocenters. The van der Waals surface area contributed by atoms with E-state index >= 15 is 0 Å². The quantitative estimate of drug-likeness (QED) is 0.857. The van der Waals surface area contributed by atoms with Crippen LogP contribution in [0.4, 0.5) is 0 Å². The Bertz CT molecular complexity index is 581. The third-order valence-electron chi connectivity index (χ3n) is 3.75. The van der Waals surface area contributed by atoms with Crippen LogP contribution in [-0.4, -0.2) is 11.1 Å². The molecule has 19 heavy (non-hydrogen) atoms. The Labute approximate surface area is 117 Å². The maximum absolute atomic E-state index is 11.2. The Morgan fingerprint density at radius 1 is 1.37 bits per heavy atom. The molecule has 3 nitrogen and oxygen atoms in total. The van der Waals surface area contributed by atoms with Gasteiger partial charge >= 0.3 is 5.97 Å². The molecule has 2 rings (SSSR count). The molecule has 1 aliphatic carbocycles. The fourth-order valence-corrected chi connectivity index (χ4v) is 2.74. The molecule has 0 spiro atoms. The van der Waals surface area contributed by atoms with Gasteiger partial charge in [-0.1, -0.05) is 37.6 Å². The monoisotopic (exact) mass is 275 g/mol. The third-order valence-corrected chi connectivity index (χ3v) is 4.00. The minimum absolute atomic E-state index is 0.217. The van der Waals surface area contributed by atoms with Gasteiger partial charge in [-0.25, -0.2) is 0 Å². The number of hydrogen-bond donors (Lipinski definition) is 1. The van der Waals surface area contributed by atoms with E-state index in [-0.39, 0.29) is 11.3 Å². The third kappa shape index (κ3) is 2.50. The summed E-state index contributed by atoms with van der Waals surface area (Å²) in [7, 11) is 0. The van der Waals surface area contributed by atoms with E-state index in [2.05, 4.69) is 6.07 Å². The molecule has 1 N–H and O–H groups in total. The first kappa shape index (κ1) is 13.6. The largest absolute Gasteiger partial charge is 0.481 e. The highest BCUT2D eigenvalue weighted by molar-refractivity contribution is 6.30. The highest BCUT2D eigenvalue weighted by Gasteiger charge is 2.63. The second-order valence-corrected chi connectivity index (χ2v) is 5.81. The minimum Gasteiger partial charge on any atom is -0.481 e. The van der Waals surface area contributed by atoms with E-state index in [0.717, 1.165) is 5.56 Å². The van der Waals surface area contributed by atoms with E-state index in [0.29, 0.717) is 10.6 Å².